The van der Waals surface area contributed by atoms with E-state index in [1.54, 1.807) is 6.92 Å². The van der Waals surface area contributed by atoms with Gasteiger partial charge in [0.15, 0.2) is 17.7 Å². The van der Waals surface area contributed by atoms with Crippen LogP contribution < -0.4 is 9.47 Å². The standard InChI is InChI=1S/C24H33F3O4/c1-3-5-15-6-8-16(9-7-15)17-10-11-20(30-14-17)24(28)31-19-13-12-18(29-4-2)21(22(19)25)23(26)27/h12-13,15-17,20,23H,3-11,14H2,1-2H3. The van der Waals surface area contributed by atoms with E-state index in [2.05, 4.69) is 6.92 Å². The minimum Gasteiger partial charge on any atom is -0.493 e. The molecule has 1 heterocycles. The lowest BCUT2D eigenvalue weighted by Crippen LogP contribution is -2.38. The Kier molecular flexibility index (Phi) is 8.64. The zero-order valence-corrected chi connectivity index (χ0v) is 18.4. The smallest absolute Gasteiger partial charge is 0.340 e. The van der Waals surface area contributed by atoms with Gasteiger partial charge in [0.1, 0.15) is 5.75 Å². The molecule has 2 aliphatic rings. The van der Waals surface area contributed by atoms with Crippen LogP contribution in [0.3, 0.4) is 0 Å². The highest BCUT2D eigenvalue weighted by atomic mass is 19.3. The fourth-order valence-corrected chi connectivity index (χ4v) is 4.98. The first-order valence-electron chi connectivity index (χ1n) is 11.5. The Morgan fingerprint density at radius 3 is 2.32 bits per heavy atom. The van der Waals surface area contributed by atoms with Crippen molar-refractivity contribution in [3.63, 3.8) is 0 Å². The normalized spacial score (nSPS) is 26.6. The van der Waals surface area contributed by atoms with Crippen molar-refractivity contribution in [2.24, 2.45) is 17.8 Å². The Bertz CT molecular complexity index is 724. The van der Waals surface area contributed by atoms with Gasteiger partial charge in [-0.1, -0.05) is 32.6 Å². The number of benzene rings is 1. The molecule has 2 unspecified atom stereocenters. The van der Waals surface area contributed by atoms with Gasteiger partial charge < -0.3 is 14.2 Å². The zero-order valence-electron chi connectivity index (χ0n) is 18.4. The molecule has 1 saturated heterocycles. The number of carbonyl (C=O) groups excluding carboxylic acids is 1. The topological polar surface area (TPSA) is 44.8 Å². The molecule has 0 bridgehead atoms. The van der Waals surface area contributed by atoms with Gasteiger partial charge in [0.2, 0.25) is 0 Å². The maximum Gasteiger partial charge on any atom is 0.340 e. The van der Waals surface area contributed by atoms with E-state index in [0.717, 1.165) is 18.4 Å². The third-order valence-corrected chi connectivity index (χ3v) is 6.66. The molecule has 1 saturated carbocycles. The van der Waals surface area contributed by atoms with E-state index in [-0.39, 0.29) is 12.4 Å². The highest BCUT2D eigenvalue weighted by Gasteiger charge is 2.35. The highest BCUT2D eigenvalue weighted by Crippen LogP contribution is 2.40. The second kappa shape index (κ2) is 11.2. The predicted molar refractivity (Wildman–Crippen MR) is 111 cm³/mol. The Morgan fingerprint density at radius 2 is 1.74 bits per heavy atom. The quantitative estimate of drug-likeness (QED) is 0.342. The molecule has 4 nitrogen and oxygen atoms in total. The molecule has 0 N–H and O–H groups in total. The van der Waals surface area contributed by atoms with Crippen LogP contribution in [0.15, 0.2) is 12.1 Å². The summed E-state index contributed by atoms with van der Waals surface area (Å²) in [4.78, 5) is 12.5. The van der Waals surface area contributed by atoms with E-state index < -0.39 is 35.6 Å². The van der Waals surface area contributed by atoms with E-state index in [0.29, 0.717) is 24.9 Å². The van der Waals surface area contributed by atoms with Gasteiger partial charge >= 0.3 is 5.97 Å². The number of halogens is 3. The second-order valence-corrected chi connectivity index (χ2v) is 8.67. The molecule has 7 heteroatoms. The Balaban J connectivity index is 1.54. The molecular formula is C24H33F3O4. The SMILES string of the molecule is CCCC1CCC(C2CCC(C(=O)Oc3ccc(OCC)c(C(F)F)c3F)OC2)CC1. The first-order chi connectivity index (χ1) is 14.9. The van der Waals surface area contributed by atoms with Crippen molar-refractivity contribution in [2.75, 3.05) is 13.2 Å². The molecule has 0 amide bonds. The van der Waals surface area contributed by atoms with Gasteiger partial charge in [0, 0.05) is 0 Å². The number of hydrogen-bond donors (Lipinski definition) is 0. The number of rotatable bonds is 8. The van der Waals surface area contributed by atoms with Gasteiger partial charge in [-0.15, -0.1) is 0 Å². The summed E-state index contributed by atoms with van der Waals surface area (Å²) in [7, 11) is 0. The summed E-state index contributed by atoms with van der Waals surface area (Å²) in [6.07, 6.45) is 4.97. The molecule has 1 aromatic carbocycles. The van der Waals surface area contributed by atoms with E-state index in [4.69, 9.17) is 14.2 Å². The lowest BCUT2D eigenvalue weighted by molar-refractivity contribution is -0.153. The first kappa shape index (κ1) is 23.9. The van der Waals surface area contributed by atoms with Gasteiger partial charge in [-0.05, 0) is 62.5 Å². The van der Waals surface area contributed by atoms with Crippen LogP contribution in [0.2, 0.25) is 0 Å². The van der Waals surface area contributed by atoms with Crippen molar-refractivity contribution >= 4 is 5.97 Å². The van der Waals surface area contributed by atoms with E-state index in [9.17, 15) is 18.0 Å². The molecule has 3 rings (SSSR count). The van der Waals surface area contributed by atoms with Crippen molar-refractivity contribution in [1.29, 1.82) is 0 Å². The molecule has 174 valence electrons. The van der Waals surface area contributed by atoms with Gasteiger partial charge in [-0.3, -0.25) is 0 Å². The van der Waals surface area contributed by atoms with Crippen molar-refractivity contribution in [3.8, 4) is 11.5 Å². The van der Waals surface area contributed by atoms with Crippen LogP contribution >= 0.6 is 0 Å². The van der Waals surface area contributed by atoms with Gasteiger partial charge in [-0.2, -0.15) is 0 Å². The fourth-order valence-electron chi connectivity index (χ4n) is 4.98. The second-order valence-electron chi connectivity index (χ2n) is 8.67. The third kappa shape index (κ3) is 5.93. The molecule has 0 radical (unpaired) electrons. The van der Waals surface area contributed by atoms with Crippen LogP contribution in [0.25, 0.3) is 0 Å². The summed E-state index contributed by atoms with van der Waals surface area (Å²) in [6, 6.07) is 2.34. The lowest BCUT2D eigenvalue weighted by Gasteiger charge is -2.37. The number of carbonyl (C=O) groups is 1. The van der Waals surface area contributed by atoms with Crippen LogP contribution in [0.1, 0.15) is 77.2 Å². The number of esters is 1. The fraction of sp³-hybridized carbons (Fsp3) is 0.708. The van der Waals surface area contributed by atoms with E-state index in [1.807, 2.05) is 0 Å². The maximum absolute atomic E-state index is 14.5. The summed E-state index contributed by atoms with van der Waals surface area (Å²) in [6.45, 7) is 4.45. The molecule has 1 aliphatic carbocycles. The molecular weight excluding hydrogens is 409 g/mol. The average Bonchev–Trinajstić information content (AvgIpc) is 2.76. The zero-order chi connectivity index (χ0) is 22.4. The summed E-state index contributed by atoms with van der Waals surface area (Å²) in [5.74, 6) is -0.888. The Labute approximate surface area is 182 Å². The maximum atomic E-state index is 14.5. The lowest BCUT2D eigenvalue weighted by atomic mass is 9.73. The van der Waals surface area contributed by atoms with Gasteiger partial charge in [0.25, 0.3) is 6.43 Å². The Morgan fingerprint density at radius 1 is 1.06 bits per heavy atom. The molecule has 31 heavy (non-hydrogen) atoms. The van der Waals surface area contributed by atoms with Crippen molar-refractivity contribution in [1.82, 2.24) is 0 Å². The van der Waals surface area contributed by atoms with Gasteiger partial charge in [-0.25, -0.2) is 18.0 Å². The Hall–Kier alpha value is -1.76. The summed E-state index contributed by atoms with van der Waals surface area (Å²) >= 11 is 0. The van der Waals surface area contributed by atoms with Crippen LogP contribution in [0.5, 0.6) is 11.5 Å². The van der Waals surface area contributed by atoms with Crippen LogP contribution in [0.4, 0.5) is 13.2 Å². The number of ether oxygens (including phenoxy) is 3. The monoisotopic (exact) mass is 442 g/mol. The summed E-state index contributed by atoms with van der Waals surface area (Å²) in [5.41, 5.74) is -0.893. The van der Waals surface area contributed by atoms with Crippen molar-refractivity contribution < 1.29 is 32.2 Å². The number of alkyl halides is 2. The molecule has 1 aromatic rings. The minimum absolute atomic E-state index is 0.121. The molecule has 0 aromatic heterocycles. The van der Waals surface area contributed by atoms with Gasteiger partial charge in [0.05, 0.1) is 18.8 Å². The molecule has 1 aliphatic heterocycles. The first-order valence-corrected chi connectivity index (χ1v) is 11.5. The van der Waals surface area contributed by atoms with Crippen molar-refractivity contribution in [2.45, 2.75) is 77.7 Å². The predicted octanol–water partition coefficient (Wildman–Crippen LogP) is 6.47. The van der Waals surface area contributed by atoms with Crippen LogP contribution in [-0.2, 0) is 9.53 Å². The largest absolute Gasteiger partial charge is 0.493 e. The van der Waals surface area contributed by atoms with Crippen molar-refractivity contribution in [3.05, 3.63) is 23.5 Å². The average molecular weight is 443 g/mol. The van der Waals surface area contributed by atoms with E-state index in [1.165, 1.54) is 44.6 Å². The number of hydrogen-bond acceptors (Lipinski definition) is 4. The summed E-state index contributed by atoms with van der Waals surface area (Å²) < 4.78 is 57.0. The third-order valence-electron chi connectivity index (χ3n) is 6.66. The van der Waals surface area contributed by atoms with E-state index >= 15 is 0 Å². The highest BCUT2D eigenvalue weighted by molar-refractivity contribution is 5.77. The molecule has 2 atom stereocenters. The molecule has 2 fully saturated rings. The minimum atomic E-state index is -3.08. The van der Waals surface area contributed by atoms with Crippen LogP contribution in [-0.4, -0.2) is 25.3 Å². The van der Waals surface area contributed by atoms with Crippen LogP contribution in [0, 0.1) is 23.6 Å². The molecule has 0 spiro atoms. The summed E-state index contributed by atoms with van der Waals surface area (Å²) in [5, 5.41) is 0.